The zero-order valence-electron chi connectivity index (χ0n) is 18.5. The normalized spacial score (nSPS) is 11.4. The monoisotopic (exact) mass is 505 g/mol. The van der Waals surface area contributed by atoms with Crippen LogP contribution in [0.4, 0.5) is 5.82 Å². The number of anilines is 1. The first-order valence-electron chi connectivity index (χ1n) is 10.3. The molecule has 0 aliphatic rings. The lowest BCUT2D eigenvalue weighted by Gasteiger charge is -2.22. The molecule has 3 aromatic rings. The molecule has 33 heavy (non-hydrogen) atoms. The molecule has 0 aliphatic heterocycles. The summed E-state index contributed by atoms with van der Waals surface area (Å²) in [6.45, 7) is 3.32. The van der Waals surface area contributed by atoms with Crippen LogP contribution in [0.25, 0.3) is 0 Å². The van der Waals surface area contributed by atoms with Gasteiger partial charge in [-0.25, -0.2) is 18.0 Å². The topological polar surface area (TPSA) is 89.3 Å². The lowest BCUT2D eigenvalue weighted by atomic mass is 10.2. The van der Waals surface area contributed by atoms with E-state index in [0.717, 1.165) is 16.7 Å². The van der Waals surface area contributed by atoms with Crippen LogP contribution in [0.15, 0.2) is 69.4 Å². The Labute approximate surface area is 202 Å². The number of amides is 2. The summed E-state index contributed by atoms with van der Waals surface area (Å²) in [6, 6.07) is 15.0. The molecule has 3 rings (SSSR count). The van der Waals surface area contributed by atoms with Gasteiger partial charge in [0.25, 0.3) is 0 Å². The minimum atomic E-state index is -4.11. The predicted octanol–water partition coefficient (Wildman–Crippen LogP) is 4.82. The molecule has 0 unspecified atom stereocenters. The highest BCUT2D eigenvalue weighted by molar-refractivity contribution is 7.99. The van der Waals surface area contributed by atoms with Crippen molar-refractivity contribution in [3.05, 3.63) is 65.2 Å². The number of halogens is 1. The fourth-order valence-electron chi connectivity index (χ4n) is 3.31. The zero-order chi connectivity index (χ0) is 24.2. The molecule has 0 fully saturated rings. The van der Waals surface area contributed by atoms with Gasteiger partial charge in [0.05, 0.1) is 11.4 Å². The van der Waals surface area contributed by atoms with Crippen LogP contribution >= 0.6 is 23.4 Å². The summed E-state index contributed by atoms with van der Waals surface area (Å²) in [7, 11) is -4.11. The molecule has 1 heterocycles. The summed E-state index contributed by atoms with van der Waals surface area (Å²) in [6.07, 6.45) is 1.73. The van der Waals surface area contributed by atoms with Crippen molar-refractivity contribution in [3.63, 3.8) is 0 Å². The maximum Gasteiger partial charge on any atom is 0.234 e. The molecule has 0 atom stereocenters. The van der Waals surface area contributed by atoms with E-state index in [1.165, 1.54) is 16.8 Å². The van der Waals surface area contributed by atoms with Crippen molar-refractivity contribution < 1.29 is 18.0 Å². The number of sulfone groups is 1. The van der Waals surface area contributed by atoms with Crippen molar-refractivity contribution in [2.45, 2.75) is 48.1 Å². The molecule has 0 radical (unpaired) electrons. The highest BCUT2D eigenvalue weighted by Gasteiger charge is 2.37. The van der Waals surface area contributed by atoms with Crippen LogP contribution < -0.4 is 4.90 Å². The Bertz CT molecular complexity index is 1260. The lowest BCUT2D eigenvalue weighted by molar-refractivity contribution is -0.126. The highest BCUT2D eigenvalue weighted by Crippen LogP contribution is 2.38. The van der Waals surface area contributed by atoms with Gasteiger partial charge >= 0.3 is 0 Å². The molecular weight excluding hydrogens is 482 g/mol. The molecule has 1 aromatic heterocycles. The van der Waals surface area contributed by atoms with Gasteiger partial charge in [0.15, 0.2) is 5.82 Å². The quantitative estimate of drug-likeness (QED) is 0.408. The number of hydrogen-bond donors (Lipinski definition) is 0. The molecule has 0 bridgehead atoms. The Morgan fingerprint density at radius 1 is 1.00 bits per heavy atom. The van der Waals surface area contributed by atoms with Crippen LogP contribution in [0.2, 0.25) is 5.02 Å². The standard InChI is InChI=1S/C23H24ClN3O4S2/c1-4-19(28)27(20(29)5-2)23-21(33(30,31)17-12-7-6-8-13-17)22(32-3)25-26(23)15-16-11-9-10-14-18(16)24/h6-14H,4-5,15H2,1-3H3. The van der Waals surface area contributed by atoms with Crippen LogP contribution in [0, 0.1) is 0 Å². The van der Waals surface area contributed by atoms with E-state index in [1.54, 1.807) is 62.6 Å². The Kier molecular flexibility index (Phi) is 7.99. The van der Waals surface area contributed by atoms with Crippen molar-refractivity contribution in [1.82, 2.24) is 9.78 Å². The van der Waals surface area contributed by atoms with Crippen LogP contribution in [0.5, 0.6) is 0 Å². The Morgan fingerprint density at radius 3 is 2.12 bits per heavy atom. The van der Waals surface area contributed by atoms with E-state index in [2.05, 4.69) is 5.10 Å². The molecule has 174 valence electrons. The molecule has 0 saturated carbocycles. The molecule has 2 aromatic carbocycles. The Hall–Kier alpha value is -2.62. The average molecular weight is 506 g/mol. The summed E-state index contributed by atoms with van der Waals surface area (Å²) >= 11 is 7.47. The van der Waals surface area contributed by atoms with Crippen LogP contribution in [0.1, 0.15) is 32.3 Å². The van der Waals surface area contributed by atoms with E-state index >= 15 is 0 Å². The summed E-state index contributed by atoms with van der Waals surface area (Å²) in [5, 5.41) is 5.17. The molecular formula is C23H24ClN3O4S2. The van der Waals surface area contributed by atoms with E-state index in [1.807, 2.05) is 0 Å². The number of carbonyl (C=O) groups is 2. The summed E-state index contributed by atoms with van der Waals surface area (Å²) < 4.78 is 28.9. The first-order chi connectivity index (χ1) is 15.8. The molecule has 2 amide bonds. The number of carbonyl (C=O) groups excluding carboxylic acids is 2. The first kappa shape index (κ1) is 25.0. The number of imide groups is 1. The van der Waals surface area contributed by atoms with Gasteiger partial charge in [0.2, 0.25) is 21.7 Å². The zero-order valence-corrected chi connectivity index (χ0v) is 20.9. The molecule has 0 saturated heterocycles. The van der Waals surface area contributed by atoms with E-state index in [4.69, 9.17) is 11.6 Å². The van der Waals surface area contributed by atoms with E-state index in [0.29, 0.717) is 10.6 Å². The van der Waals surface area contributed by atoms with Gasteiger partial charge in [0.1, 0.15) is 9.92 Å². The molecule has 0 aliphatic carbocycles. The fraction of sp³-hybridized carbons (Fsp3) is 0.261. The largest absolute Gasteiger partial charge is 0.274 e. The van der Waals surface area contributed by atoms with Crippen molar-refractivity contribution in [2.75, 3.05) is 11.2 Å². The number of aromatic nitrogens is 2. The Morgan fingerprint density at radius 2 is 1.58 bits per heavy atom. The molecule has 0 N–H and O–H groups in total. The minimum Gasteiger partial charge on any atom is -0.274 e. The van der Waals surface area contributed by atoms with Crippen molar-refractivity contribution in [3.8, 4) is 0 Å². The second-order valence-corrected chi connectivity index (χ2v) is 10.1. The number of hydrogen-bond acceptors (Lipinski definition) is 6. The maximum atomic E-state index is 13.8. The second-order valence-electron chi connectivity index (χ2n) is 7.06. The summed E-state index contributed by atoms with van der Waals surface area (Å²) in [5.41, 5.74) is 0.673. The molecule has 7 nitrogen and oxygen atoms in total. The minimum absolute atomic E-state index is 0.0163. The van der Waals surface area contributed by atoms with Crippen LogP contribution in [0.3, 0.4) is 0 Å². The third-order valence-electron chi connectivity index (χ3n) is 4.96. The van der Waals surface area contributed by atoms with Gasteiger partial charge in [-0.1, -0.05) is 61.8 Å². The Balaban J connectivity index is 2.36. The SMILES string of the molecule is CCC(=O)N(C(=O)CC)c1c(S(=O)(=O)c2ccccc2)c(SC)nn1Cc1ccccc1Cl. The third-order valence-corrected chi connectivity index (χ3v) is 7.94. The average Bonchev–Trinajstić information content (AvgIpc) is 3.19. The summed E-state index contributed by atoms with van der Waals surface area (Å²) in [5.74, 6) is -1.10. The molecule has 0 spiro atoms. The predicted molar refractivity (Wildman–Crippen MR) is 130 cm³/mol. The van der Waals surface area contributed by atoms with Crippen molar-refractivity contribution >= 4 is 50.8 Å². The van der Waals surface area contributed by atoms with Crippen molar-refractivity contribution in [2.24, 2.45) is 0 Å². The first-order valence-corrected chi connectivity index (χ1v) is 13.4. The summed E-state index contributed by atoms with van der Waals surface area (Å²) in [4.78, 5) is 26.7. The second kappa shape index (κ2) is 10.5. The van der Waals surface area contributed by atoms with E-state index < -0.39 is 21.7 Å². The lowest BCUT2D eigenvalue weighted by Crippen LogP contribution is -2.38. The maximum absolute atomic E-state index is 13.8. The molecule has 10 heteroatoms. The number of nitrogens with zero attached hydrogens (tertiary/aromatic N) is 3. The van der Waals surface area contributed by atoms with E-state index in [-0.39, 0.29) is 40.0 Å². The van der Waals surface area contributed by atoms with E-state index in [9.17, 15) is 18.0 Å². The van der Waals surface area contributed by atoms with Crippen molar-refractivity contribution in [1.29, 1.82) is 0 Å². The number of benzene rings is 2. The van der Waals surface area contributed by atoms with Gasteiger partial charge in [-0.15, -0.1) is 11.8 Å². The third kappa shape index (κ3) is 5.00. The van der Waals surface area contributed by atoms with Crippen LogP contribution in [-0.2, 0) is 26.0 Å². The van der Waals surface area contributed by atoms with Gasteiger partial charge in [-0.2, -0.15) is 5.10 Å². The van der Waals surface area contributed by atoms with Crippen LogP contribution in [-0.4, -0.2) is 36.3 Å². The van der Waals surface area contributed by atoms with Gasteiger partial charge < -0.3 is 0 Å². The van der Waals surface area contributed by atoms with Gasteiger partial charge in [-0.05, 0) is 30.0 Å². The number of rotatable bonds is 8. The number of thioether (sulfide) groups is 1. The fourth-order valence-corrected chi connectivity index (χ4v) is 6.00. The van der Waals surface area contributed by atoms with Gasteiger partial charge in [0, 0.05) is 17.9 Å². The van der Waals surface area contributed by atoms with Gasteiger partial charge in [-0.3, -0.25) is 9.59 Å². The highest BCUT2D eigenvalue weighted by atomic mass is 35.5. The smallest absolute Gasteiger partial charge is 0.234 e.